The molecule has 0 fully saturated rings. The molecule has 4 heteroatoms. The van der Waals surface area contributed by atoms with E-state index in [9.17, 15) is 0 Å². The highest BCUT2D eigenvalue weighted by molar-refractivity contribution is 6.69. The Bertz CT molecular complexity index is 592. The average molecular weight is 361 g/mol. The monoisotopic (exact) mass is 360 g/mol. The molecule has 0 heterocycles. The van der Waals surface area contributed by atoms with Gasteiger partial charge in [0.15, 0.2) is 0 Å². The number of aliphatic imine (C=N–C) groups is 2. The van der Waals surface area contributed by atoms with Gasteiger partial charge in [0.1, 0.15) is 10.3 Å². The van der Waals surface area contributed by atoms with E-state index < -0.39 is 0 Å². The van der Waals surface area contributed by atoms with Crippen molar-refractivity contribution in [3.8, 4) is 0 Å². The van der Waals surface area contributed by atoms with Gasteiger partial charge in [0.2, 0.25) is 0 Å². The quantitative estimate of drug-likeness (QED) is 0.391. The molecule has 2 rings (SSSR count). The first-order chi connectivity index (χ1) is 11.8. The molecule has 0 saturated carbocycles. The van der Waals surface area contributed by atoms with E-state index in [0.29, 0.717) is 10.3 Å². The van der Waals surface area contributed by atoms with E-state index in [4.69, 9.17) is 23.2 Å². The molecular weight excluding hydrogens is 339 g/mol. The number of hydrogen-bond acceptors (Lipinski definition) is 2. The van der Waals surface area contributed by atoms with Gasteiger partial charge >= 0.3 is 0 Å². The Morgan fingerprint density at radius 3 is 1.33 bits per heavy atom. The molecule has 0 aromatic heterocycles. The second kappa shape index (κ2) is 11.0. The highest BCUT2D eigenvalue weighted by Gasteiger charge is 1.98. The summed E-state index contributed by atoms with van der Waals surface area (Å²) < 4.78 is 0. The molecule has 0 spiro atoms. The lowest BCUT2D eigenvalue weighted by atomic mass is 10.2. The molecule has 0 N–H and O–H groups in total. The lowest BCUT2D eigenvalue weighted by Gasteiger charge is -2.01. The van der Waals surface area contributed by atoms with Gasteiger partial charge in [-0.1, -0.05) is 96.7 Å². The van der Waals surface area contributed by atoms with Gasteiger partial charge in [0.05, 0.1) is 0 Å². The number of unbranched alkanes of at least 4 members (excludes halogenated alkanes) is 3. The highest BCUT2D eigenvalue weighted by atomic mass is 35.5. The van der Waals surface area contributed by atoms with Crippen molar-refractivity contribution in [3.63, 3.8) is 0 Å². The number of halogens is 2. The standard InChI is InChI=1S/C20H22Cl2N2/c21-19(17-11-5-3-6-12-17)23-15-9-1-2-10-16-24-20(22)18-13-7-4-8-14-18/h3-8,11-14H,1-2,9-10,15-16H2/b23-19-,24-20-. The van der Waals surface area contributed by atoms with Crippen LogP contribution in [-0.2, 0) is 0 Å². The SMILES string of the molecule is Cl/C(=N\CCCCCC/N=C(\Cl)c1ccccc1)c1ccccc1. The van der Waals surface area contributed by atoms with Gasteiger partial charge in [0, 0.05) is 24.2 Å². The van der Waals surface area contributed by atoms with Crippen molar-refractivity contribution in [2.75, 3.05) is 13.1 Å². The first-order valence-corrected chi connectivity index (χ1v) is 9.03. The van der Waals surface area contributed by atoms with Crippen LogP contribution in [0.1, 0.15) is 36.8 Å². The van der Waals surface area contributed by atoms with Gasteiger partial charge in [0.25, 0.3) is 0 Å². The van der Waals surface area contributed by atoms with Crippen LogP contribution in [0.5, 0.6) is 0 Å². The van der Waals surface area contributed by atoms with Crippen molar-refractivity contribution in [2.45, 2.75) is 25.7 Å². The summed E-state index contributed by atoms with van der Waals surface area (Å²) in [6.07, 6.45) is 4.33. The van der Waals surface area contributed by atoms with Gasteiger partial charge in [-0.05, 0) is 12.8 Å². The Balaban J connectivity index is 1.59. The summed E-state index contributed by atoms with van der Waals surface area (Å²) in [4.78, 5) is 8.83. The van der Waals surface area contributed by atoms with E-state index in [2.05, 4.69) is 9.98 Å². The van der Waals surface area contributed by atoms with Crippen molar-refractivity contribution in [1.29, 1.82) is 0 Å². The second-order valence-electron chi connectivity index (χ2n) is 5.49. The van der Waals surface area contributed by atoms with Crippen molar-refractivity contribution < 1.29 is 0 Å². The first-order valence-electron chi connectivity index (χ1n) is 8.28. The smallest absolute Gasteiger partial charge is 0.130 e. The molecule has 0 atom stereocenters. The van der Waals surface area contributed by atoms with Gasteiger partial charge in [-0.15, -0.1) is 0 Å². The first kappa shape index (κ1) is 18.7. The second-order valence-corrected chi connectivity index (χ2v) is 6.21. The topological polar surface area (TPSA) is 24.7 Å². The Labute approximate surface area is 154 Å². The molecule has 2 nitrogen and oxygen atoms in total. The van der Waals surface area contributed by atoms with Crippen LogP contribution in [0.15, 0.2) is 70.6 Å². The molecule has 0 aliphatic carbocycles. The maximum absolute atomic E-state index is 6.18. The van der Waals surface area contributed by atoms with Crippen LogP contribution in [0, 0.1) is 0 Å². The van der Waals surface area contributed by atoms with Crippen molar-refractivity contribution >= 4 is 33.5 Å². The third kappa shape index (κ3) is 6.86. The Morgan fingerprint density at radius 2 is 0.958 bits per heavy atom. The van der Waals surface area contributed by atoms with E-state index >= 15 is 0 Å². The van der Waals surface area contributed by atoms with Crippen LogP contribution in [0.4, 0.5) is 0 Å². The summed E-state index contributed by atoms with van der Waals surface area (Å²) >= 11 is 12.4. The molecule has 2 aromatic carbocycles. The zero-order valence-electron chi connectivity index (χ0n) is 13.7. The van der Waals surface area contributed by atoms with E-state index in [1.54, 1.807) is 0 Å². The van der Waals surface area contributed by atoms with Gasteiger partial charge in [-0.3, -0.25) is 9.98 Å². The molecule has 2 aromatic rings. The minimum atomic E-state index is 0.592. The van der Waals surface area contributed by atoms with Gasteiger partial charge in [-0.25, -0.2) is 0 Å². The predicted molar refractivity (Wildman–Crippen MR) is 106 cm³/mol. The van der Waals surface area contributed by atoms with Crippen LogP contribution < -0.4 is 0 Å². The van der Waals surface area contributed by atoms with E-state index in [-0.39, 0.29) is 0 Å². The van der Waals surface area contributed by atoms with E-state index in [1.807, 2.05) is 60.7 Å². The summed E-state index contributed by atoms with van der Waals surface area (Å²) in [5.74, 6) is 0. The fraction of sp³-hybridized carbons (Fsp3) is 0.300. The molecular formula is C20H22Cl2N2. The molecule has 0 saturated heterocycles. The maximum Gasteiger partial charge on any atom is 0.130 e. The Morgan fingerprint density at radius 1 is 0.583 bits per heavy atom. The van der Waals surface area contributed by atoms with Crippen LogP contribution >= 0.6 is 23.2 Å². The lowest BCUT2D eigenvalue weighted by Crippen LogP contribution is -1.94. The van der Waals surface area contributed by atoms with Gasteiger partial charge in [-0.2, -0.15) is 0 Å². The van der Waals surface area contributed by atoms with Crippen molar-refractivity contribution in [2.24, 2.45) is 9.98 Å². The third-order valence-electron chi connectivity index (χ3n) is 3.59. The number of nitrogens with zero attached hydrogens (tertiary/aromatic N) is 2. The summed E-state index contributed by atoms with van der Waals surface area (Å²) in [5.41, 5.74) is 1.95. The summed E-state index contributed by atoms with van der Waals surface area (Å²) in [6, 6.07) is 19.7. The zero-order valence-corrected chi connectivity index (χ0v) is 15.2. The summed E-state index contributed by atoms with van der Waals surface area (Å²) in [7, 11) is 0. The normalized spacial score (nSPS) is 12.4. The number of benzene rings is 2. The van der Waals surface area contributed by atoms with Crippen LogP contribution in [0.2, 0.25) is 0 Å². The molecule has 0 aliphatic rings. The third-order valence-corrected chi connectivity index (χ3v) is 4.27. The van der Waals surface area contributed by atoms with Crippen molar-refractivity contribution in [1.82, 2.24) is 0 Å². The minimum Gasteiger partial charge on any atom is -0.273 e. The largest absolute Gasteiger partial charge is 0.273 e. The Kier molecular flexibility index (Phi) is 8.58. The van der Waals surface area contributed by atoms with E-state index in [0.717, 1.165) is 49.9 Å². The lowest BCUT2D eigenvalue weighted by molar-refractivity contribution is 0.655. The molecule has 126 valence electrons. The zero-order chi connectivity index (χ0) is 17.0. The molecule has 24 heavy (non-hydrogen) atoms. The molecule has 0 unspecified atom stereocenters. The van der Waals surface area contributed by atoms with Crippen LogP contribution in [0.25, 0.3) is 0 Å². The fourth-order valence-electron chi connectivity index (χ4n) is 2.27. The number of rotatable bonds is 9. The summed E-state index contributed by atoms with van der Waals surface area (Å²) in [6.45, 7) is 1.53. The van der Waals surface area contributed by atoms with Crippen molar-refractivity contribution in [3.05, 3.63) is 71.8 Å². The van der Waals surface area contributed by atoms with Crippen LogP contribution in [-0.4, -0.2) is 23.4 Å². The maximum atomic E-state index is 6.18. The van der Waals surface area contributed by atoms with Gasteiger partial charge < -0.3 is 0 Å². The summed E-state index contributed by atoms with van der Waals surface area (Å²) in [5, 5.41) is 1.18. The molecule has 0 aliphatic heterocycles. The highest BCUT2D eigenvalue weighted by Crippen LogP contribution is 2.08. The molecule has 0 amide bonds. The van der Waals surface area contributed by atoms with Crippen LogP contribution in [0.3, 0.4) is 0 Å². The molecule has 0 bridgehead atoms. The fourth-order valence-corrected chi connectivity index (χ4v) is 2.69. The number of hydrogen-bond donors (Lipinski definition) is 0. The predicted octanol–water partition coefficient (Wildman–Crippen LogP) is 5.92. The van der Waals surface area contributed by atoms with E-state index in [1.165, 1.54) is 0 Å². The average Bonchev–Trinajstić information content (AvgIpc) is 2.65. The molecule has 0 radical (unpaired) electrons. The Hall–Kier alpha value is -1.64. The minimum absolute atomic E-state index is 0.592.